The third-order valence-electron chi connectivity index (χ3n) is 2.62. The van der Waals surface area contributed by atoms with Crippen molar-refractivity contribution < 1.29 is 4.79 Å². The molecule has 0 aromatic heterocycles. The van der Waals surface area contributed by atoms with Crippen LogP contribution in [0, 0.1) is 6.92 Å². The van der Waals surface area contributed by atoms with Crippen LogP contribution in [0.25, 0.3) is 0 Å². The Morgan fingerprint density at radius 3 is 2.41 bits per heavy atom. The number of amides is 1. The van der Waals surface area contributed by atoms with E-state index in [0.29, 0.717) is 5.56 Å². The van der Waals surface area contributed by atoms with Gasteiger partial charge in [0.2, 0.25) is 0 Å². The molecule has 2 rings (SSSR count). The fourth-order valence-corrected chi connectivity index (χ4v) is 1.66. The molecule has 0 saturated heterocycles. The van der Waals surface area contributed by atoms with Gasteiger partial charge in [0.05, 0.1) is 0 Å². The average Bonchev–Trinajstić information content (AvgIpc) is 2.38. The molecule has 0 bridgehead atoms. The summed E-state index contributed by atoms with van der Waals surface area (Å²) < 4.78 is 0. The molecule has 0 heterocycles. The zero-order valence-electron chi connectivity index (χ0n) is 9.76. The quantitative estimate of drug-likeness (QED) is 0.767. The van der Waals surface area contributed by atoms with Gasteiger partial charge in [-0.05, 0) is 36.8 Å². The lowest BCUT2D eigenvalue weighted by molar-refractivity contribution is 0.0993. The molecule has 2 aromatic rings. The first-order valence-corrected chi connectivity index (χ1v) is 5.43. The number of benzene rings is 2. The normalized spacial score (nSPS) is 10.0. The molecular formula is C15H14NO. The number of carbonyl (C=O) groups excluding carboxylic acids is 1. The zero-order valence-corrected chi connectivity index (χ0v) is 9.76. The van der Waals surface area contributed by atoms with Crippen LogP contribution >= 0.6 is 0 Å². The van der Waals surface area contributed by atoms with Crippen LogP contribution in [0.5, 0.6) is 0 Å². The highest BCUT2D eigenvalue weighted by Gasteiger charge is 2.12. The van der Waals surface area contributed by atoms with Crippen LogP contribution < -0.4 is 4.90 Å². The minimum Gasteiger partial charge on any atom is -0.311 e. The molecule has 0 spiro atoms. The van der Waals surface area contributed by atoms with E-state index >= 15 is 0 Å². The summed E-state index contributed by atoms with van der Waals surface area (Å²) in [6.45, 7) is 3.86. The summed E-state index contributed by atoms with van der Waals surface area (Å²) in [5.41, 5.74) is 2.44. The van der Waals surface area contributed by atoms with E-state index < -0.39 is 0 Å². The summed E-state index contributed by atoms with van der Waals surface area (Å²) in [6.07, 6.45) is 0. The molecule has 1 radical (unpaired) electrons. The van der Waals surface area contributed by atoms with Crippen molar-refractivity contribution in [1.29, 1.82) is 0 Å². The molecule has 0 saturated carbocycles. The number of rotatable bonds is 2. The van der Waals surface area contributed by atoms with Crippen molar-refractivity contribution in [1.82, 2.24) is 0 Å². The van der Waals surface area contributed by atoms with Gasteiger partial charge < -0.3 is 4.90 Å². The van der Waals surface area contributed by atoms with Crippen LogP contribution in [0.15, 0.2) is 54.6 Å². The molecule has 2 nitrogen and oxygen atoms in total. The van der Waals surface area contributed by atoms with E-state index in [-0.39, 0.29) is 5.91 Å². The second-order valence-electron chi connectivity index (χ2n) is 3.90. The van der Waals surface area contributed by atoms with E-state index in [1.54, 1.807) is 11.9 Å². The standard InChI is InChI=1S/C15H14NO/c1-12-7-6-10-14(11-12)16(2)15(17)13-8-4-3-5-9-13/h3-11H,1H2,2H3. The first-order chi connectivity index (χ1) is 8.18. The lowest BCUT2D eigenvalue weighted by Crippen LogP contribution is -2.26. The Labute approximate surface area is 102 Å². The predicted molar refractivity (Wildman–Crippen MR) is 70.1 cm³/mol. The largest absolute Gasteiger partial charge is 0.311 e. The van der Waals surface area contributed by atoms with Gasteiger partial charge in [0, 0.05) is 18.3 Å². The van der Waals surface area contributed by atoms with Crippen molar-refractivity contribution in [2.24, 2.45) is 0 Å². The van der Waals surface area contributed by atoms with Crippen molar-refractivity contribution in [2.45, 2.75) is 0 Å². The van der Waals surface area contributed by atoms with Gasteiger partial charge in [0.25, 0.3) is 5.91 Å². The Bertz CT molecular complexity index is 519. The van der Waals surface area contributed by atoms with Crippen LogP contribution in [0.2, 0.25) is 0 Å². The van der Waals surface area contributed by atoms with Gasteiger partial charge in [-0.3, -0.25) is 4.79 Å². The number of carbonyl (C=O) groups is 1. The highest BCUT2D eigenvalue weighted by molar-refractivity contribution is 6.05. The molecular weight excluding hydrogens is 210 g/mol. The summed E-state index contributed by atoms with van der Waals surface area (Å²) in [5, 5.41) is 0. The van der Waals surface area contributed by atoms with Crippen molar-refractivity contribution in [2.75, 3.05) is 11.9 Å². The average molecular weight is 224 g/mol. The highest BCUT2D eigenvalue weighted by atomic mass is 16.2. The Balaban J connectivity index is 2.27. The Morgan fingerprint density at radius 1 is 1.06 bits per heavy atom. The monoisotopic (exact) mass is 224 g/mol. The lowest BCUT2D eigenvalue weighted by atomic mass is 10.1. The summed E-state index contributed by atoms with van der Waals surface area (Å²) in [5.74, 6) is -0.0174. The number of hydrogen-bond acceptors (Lipinski definition) is 1. The van der Waals surface area contributed by atoms with Gasteiger partial charge in [-0.1, -0.05) is 30.3 Å². The van der Waals surface area contributed by atoms with E-state index in [9.17, 15) is 4.79 Å². The topological polar surface area (TPSA) is 20.3 Å². The third-order valence-corrected chi connectivity index (χ3v) is 2.62. The third kappa shape index (κ3) is 2.53. The summed E-state index contributed by atoms with van der Waals surface area (Å²) in [4.78, 5) is 13.8. The summed E-state index contributed by atoms with van der Waals surface area (Å²) in [7, 11) is 1.77. The maximum absolute atomic E-state index is 12.2. The second-order valence-corrected chi connectivity index (χ2v) is 3.90. The lowest BCUT2D eigenvalue weighted by Gasteiger charge is -2.17. The van der Waals surface area contributed by atoms with E-state index in [0.717, 1.165) is 11.3 Å². The maximum atomic E-state index is 12.2. The van der Waals surface area contributed by atoms with Gasteiger partial charge >= 0.3 is 0 Å². The van der Waals surface area contributed by atoms with Crippen LogP contribution in [-0.4, -0.2) is 13.0 Å². The zero-order chi connectivity index (χ0) is 12.3. The molecule has 85 valence electrons. The molecule has 0 N–H and O–H groups in total. The van der Waals surface area contributed by atoms with Crippen molar-refractivity contribution in [3.05, 3.63) is 72.6 Å². The van der Waals surface area contributed by atoms with Crippen molar-refractivity contribution in [3.8, 4) is 0 Å². The smallest absolute Gasteiger partial charge is 0.258 e. The SMILES string of the molecule is [CH2]c1cccc(N(C)C(=O)c2ccccc2)c1. The molecule has 2 heteroatoms. The van der Waals surface area contributed by atoms with E-state index in [1.165, 1.54) is 0 Å². The van der Waals surface area contributed by atoms with Gasteiger partial charge in [0.15, 0.2) is 0 Å². The van der Waals surface area contributed by atoms with Gasteiger partial charge in [-0.25, -0.2) is 0 Å². The van der Waals surface area contributed by atoms with Crippen LogP contribution in [0.1, 0.15) is 15.9 Å². The molecule has 0 aliphatic rings. The minimum atomic E-state index is -0.0174. The predicted octanol–water partition coefficient (Wildman–Crippen LogP) is 3.15. The number of anilines is 1. The molecule has 0 fully saturated rings. The molecule has 2 aromatic carbocycles. The van der Waals surface area contributed by atoms with Gasteiger partial charge in [0.1, 0.15) is 0 Å². The molecule has 0 aliphatic carbocycles. The summed E-state index contributed by atoms with van der Waals surface area (Å²) in [6, 6.07) is 16.8. The first kappa shape index (κ1) is 11.4. The van der Waals surface area contributed by atoms with Crippen molar-refractivity contribution in [3.63, 3.8) is 0 Å². The summed E-state index contributed by atoms with van der Waals surface area (Å²) >= 11 is 0. The first-order valence-electron chi connectivity index (χ1n) is 5.43. The fraction of sp³-hybridized carbons (Fsp3) is 0.0667. The van der Waals surface area contributed by atoms with Crippen LogP contribution in [-0.2, 0) is 0 Å². The molecule has 17 heavy (non-hydrogen) atoms. The maximum Gasteiger partial charge on any atom is 0.258 e. The number of hydrogen-bond donors (Lipinski definition) is 0. The highest BCUT2D eigenvalue weighted by Crippen LogP contribution is 2.16. The van der Waals surface area contributed by atoms with Gasteiger partial charge in [-0.2, -0.15) is 0 Å². The van der Waals surface area contributed by atoms with E-state index in [1.807, 2.05) is 54.6 Å². The Hall–Kier alpha value is -2.09. The van der Waals surface area contributed by atoms with Crippen LogP contribution in [0.4, 0.5) is 5.69 Å². The van der Waals surface area contributed by atoms with E-state index in [4.69, 9.17) is 0 Å². The minimum absolute atomic E-state index is 0.0174. The Morgan fingerprint density at radius 2 is 1.76 bits per heavy atom. The fourth-order valence-electron chi connectivity index (χ4n) is 1.66. The molecule has 0 atom stereocenters. The van der Waals surface area contributed by atoms with Gasteiger partial charge in [-0.15, -0.1) is 0 Å². The van der Waals surface area contributed by atoms with E-state index in [2.05, 4.69) is 6.92 Å². The molecule has 1 amide bonds. The second kappa shape index (κ2) is 4.83. The molecule has 0 aliphatic heterocycles. The van der Waals surface area contributed by atoms with Crippen LogP contribution in [0.3, 0.4) is 0 Å². The Kier molecular flexibility index (Phi) is 3.24. The van der Waals surface area contributed by atoms with Crippen molar-refractivity contribution >= 4 is 11.6 Å². The molecule has 0 unspecified atom stereocenters. The number of nitrogens with zero attached hydrogens (tertiary/aromatic N) is 1.